The molecule has 1 atom stereocenters. The highest BCUT2D eigenvalue weighted by Gasteiger charge is 2.34. The van der Waals surface area contributed by atoms with Gasteiger partial charge in [-0.25, -0.2) is 18.0 Å². The summed E-state index contributed by atoms with van der Waals surface area (Å²) in [5, 5.41) is 6.94. The molecule has 3 N–H and O–H groups in total. The van der Waals surface area contributed by atoms with Crippen LogP contribution in [0.5, 0.6) is 5.75 Å². The van der Waals surface area contributed by atoms with Crippen molar-refractivity contribution in [1.82, 2.24) is 10.6 Å². The summed E-state index contributed by atoms with van der Waals surface area (Å²) in [5.74, 6) is -5.55. The molecule has 0 radical (unpaired) electrons. The number of nitrogens with zero attached hydrogens (tertiary/aromatic N) is 1. The summed E-state index contributed by atoms with van der Waals surface area (Å²) in [5.41, 5.74) is -0.311. The number of alkyl halides is 2. The lowest BCUT2D eigenvalue weighted by atomic mass is 9.89. The third-order valence-corrected chi connectivity index (χ3v) is 5.59. The van der Waals surface area contributed by atoms with Crippen molar-refractivity contribution in [1.29, 1.82) is 0 Å². The number of imide groups is 1. The number of urea groups is 1. The third kappa shape index (κ3) is 5.61. The number of hydrogen-bond donors (Lipinski definition) is 3. The van der Waals surface area contributed by atoms with E-state index in [1.165, 1.54) is 0 Å². The molecule has 0 aromatic heterocycles. The van der Waals surface area contributed by atoms with Gasteiger partial charge in [0.15, 0.2) is 0 Å². The van der Waals surface area contributed by atoms with Crippen LogP contribution in [0.1, 0.15) is 24.3 Å². The molecule has 186 valence electrons. The van der Waals surface area contributed by atoms with Gasteiger partial charge in [-0.1, -0.05) is 0 Å². The number of halogens is 5. The molecule has 2 aliphatic rings. The summed E-state index contributed by atoms with van der Waals surface area (Å²) in [6, 6.07) is 3.68. The Labute approximate surface area is 195 Å². The molecule has 0 spiro atoms. The monoisotopic (exact) mass is 498 g/mol. The van der Waals surface area contributed by atoms with Crippen LogP contribution in [0.3, 0.4) is 0 Å². The van der Waals surface area contributed by atoms with E-state index in [0.29, 0.717) is 0 Å². The molecule has 8 nitrogen and oxygen atoms in total. The molecule has 4 rings (SSSR count). The first-order chi connectivity index (χ1) is 16.6. The Morgan fingerprint density at radius 2 is 1.74 bits per heavy atom. The molecule has 0 saturated carbocycles. The summed E-state index contributed by atoms with van der Waals surface area (Å²) < 4.78 is 71.7. The van der Waals surface area contributed by atoms with Crippen molar-refractivity contribution in [2.24, 2.45) is 0 Å². The van der Waals surface area contributed by atoms with E-state index >= 15 is 0 Å². The van der Waals surface area contributed by atoms with Gasteiger partial charge in [-0.05, 0) is 24.6 Å². The number of hydrogen-bond acceptors (Lipinski definition) is 5. The molecule has 4 amide bonds. The zero-order chi connectivity index (χ0) is 25.3. The van der Waals surface area contributed by atoms with E-state index in [9.17, 15) is 36.3 Å². The van der Waals surface area contributed by atoms with Crippen molar-refractivity contribution in [3.05, 3.63) is 53.3 Å². The standard InChI is InChI=1S/C22H19F5N4O4/c23-10-3-11(5-14(4-10)35-21(26)27)28-22(34)29-12-8-31(9-12)13-6-16(24)19(17(25)7-13)15-1-2-18(32)30-20(15)33/h3-7,12,15,21H,1-2,8-9H2,(H2,28,29,34)(H,30,32,33). The van der Waals surface area contributed by atoms with E-state index in [2.05, 4.69) is 20.7 Å². The highest BCUT2D eigenvalue weighted by atomic mass is 19.3. The normalized spacial score (nSPS) is 18.2. The van der Waals surface area contributed by atoms with Crippen molar-refractivity contribution >= 4 is 29.2 Å². The molecule has 2 aromatic carbocycles. The van der Waals surface area contributed by atoms with Crippen LogP contribution in [0.4, 0.5) is 38.1 Å². The molecule has 35 heavy (non-hydrogen) atoms. The van der Waals surface area contributed by atoms with E-state index < -0.39 is 65.2 Å². The molecular formula is C22H19F5N4O4. The molecule has 2 aliphatic heterocycles. The maximum absolute atomic E-state index is 14.7. The zero-order valence-corrected chi connectivity index (χ0v) is 17.9. The predicted molar refractivity (Wildman–Crippen MR) is 113 cm³/mol. The zero-order valence-electron chi connectivity index (χ0n) is 17.9. The van der Waals surface area contributed by atoms with Crippen LogP contribution >= 0.6 is 0 Å². The minimum atomic E-state index is -3.16. The number of amides is 4. The second-order valence-corrected chi connectivity index (χ2v) is 8.08. The SMILES string of the molecule is O=C1CCC(c2c(F)cc(N3CC(NC(=O)Nc4cc(F)cc(OC(F)F)c4)C3)cc2F)C(=O)N1. The van der Waals surface area contributed by atoms with Crippen molar-refractivity contribution < 1.29 is 41.1 Å². The molecular weight excluding hydrogens is 479 g/mol. The number of rotatable bonds is 6. The number of piperidine rings is 1. The van der Waals surface area contributed by atoms with Gasteiger partial charge in [-0.3, -0.25) is 14.9 Å². The first-order valence-electron chi connectivity index (χ1n) is 10.5. The Hall–Kier alpha value is -3.90. The fourth-order valence-electron chi connectivity index (χ4n) is 3.99. The second-order valence-electron chi connectivity index (χ2n) is 8.08. The smallest absolute Gasteiger partial charge is 0.387 e. The Morgan fingerprint density at radius 3 is 2.37 bits per heavy atom. The quantitative estimate of drug-likeness (QED) is 0.420. The van der Waals surface area contributed by atoms with Crippen LogP contribution in [-0.2, 0) is 9.59 Å². The highest BCUT2D eigenvalue weighted by molar-refractivity contribution is 6.01. The van der Waals surface area contributed by atoms with E-state index in [0.717, 1.165) is 30.3 Å². The van der Waals surface area contributed by atoms with Gasteiger partial charge in [0, 0.05) is 48.6 Å². The molecule has 2 aromatic rings. The Balaban J connectivity index is 1.34. The van der Waals surface area contributed by atoms with E-state index in [4.69, 9.17) is 0 Å². The van der Waals surface area contributed by atoms with Crippen LogP contribution in [-0.4, -0.2) is 43.6 Å². The molecule has 2 fully saturated rings. The molecule has 1 unspecified atom stereocenters. The van der Waals surface area contributed by atoms with Crippen LogP contribution < -0.4 is 25.6 Å². The van der Waals surface area contributed by atoms with Crippen LogP contribution in [0.25, 0.3) is 0 Å². The minimum Gasteiger partial charge on any atom is -0.435 e. The van der Waals surface area contributed by atoms with E-state index in [-0.39, 0.29) is 37.3 Å². The molecule has 2 saturated heterocycles. The van der Waals surface area contributed by atoms with Crippen molar-refractivity contribution in [3.63, 3.8) is 0 Å². The third-order valence-electron chi connectivity index (χ3n) is 5.59. The maximum Gasteiger partial charge on any atom is 0.387 e. The summed E-state index contributed by atoms with van der Waals surface area (Å²) in [6.45, 7) is -2.76. The predicted octanol–water partition coefficient (Wildman–Crippen LogP) is 3.24. The van der Waals surface area contributed by atoms with E-state index in [1.807, 2.05) is 0 Å². The molecule has 13 heteroatoms. The van der Waals surface area contributed by atoms with Gasteiger partial charge in [0.05, 0.1) is 12.0 Å². The van der Waals surface area contributed by atoms with Gasteiger partial charge in [0.1, 0.15) is 23.2 Å². The first-order valence-corrected chi connectivity index (χ1v) is 10.5. The van der Waals surface area contributed by atoms with Crippen LogP contribution in [0.2, 0.25) is 0 Å². The van der Waals surface area contributed by atoms with Crippen molar-refractivity contribution in [3.8, 4) is 5.75 Å². The van der Waals surface area contributed by atoms with E-state index in [1.54, 1.807) is 4.90 Å². The van der Waals surface area contributed by atoms with Crippen LogP contribution in [0, 0.1) is 17.5 Å². The van der Waals surface area contributed by atoms with Gasteiger partial charge in [0.25, 0.3) is 0 Å². The average Bonchev–Trinajstić information content (AvgIpc) is 2.70. The first kappa shape index (κ1) is 24.2. The number of carbonyl (C=O) groups is 3. The Bertz CT molecular complexity index is 1150. The van der Waals surface area contributed by atoms with Gasteiger partial charge >= 0.3 is 12.6 Å². The molecule has 0 bridgehead atoms. The lowest BCUT2D eigenvalue weighted by molar-refractivity contribution is -0.134. The lowest BCUT2D eigenvalue weighted by Crippen LogP contribution is -2.60. The highest BCUT2D eigenvalue weighted by Crippen LogP contribution is 2.33. The van der Waals surface area contributed by atoms with Gasteiger partial charge < -0.3 is 20.3 Å². The average molecular weight is 498 g/mol. The molecule has 0 aliphatic carbocycles. The maximum atomic E-state index is 14.7. The number of benzene rings is 2. The molecule has 2 heterocycles. The second kappa shape index (κ2) is 9.76. The van der Waals surface area contributed by atoms with Gasteiger partial charge in [-0.2, -0.15) is 8.78 Å². The van der Waals surface area contributed by atoms with Gasteiger partial charge in [-0.15, -0.1) is 0 Å². The minimum absolute atomic E-state index is 0.00371. The number of nitrogens with one attached hydrogen (secondary N) is 3. The largest absolute Gasteiger partial charge is 0.435 e. The van der Waals surface area contributed by atoms with Gasteiger partial charge in [0.2, 0.25) is 11.8 Å². The summed E-state index contributed by atoms with van der Waals surface area (Å²) >= 11 is 0. The summed E-state index contributed by atoms with van der Waals surface area (Å²) in [4.78, 5) is 37.0. The van der Waals surface area contributed by atoms with Crippen molar-refractivity contribution in [2.45, 2.75) is 31.4 Å². The topological polar surface area (TPSA) is 99.8 Å². The number of ether oxygens (including phenoxy) is 1. The fraction of sp³-hybridized carbons (Fsp3) is 0.318. The Morgan fingerprint density at radius 1 is 1.06 bits per heavy atom. The fourth-order valence-corrected chi connectivity index (χ4v) is 3.99. The Kier molecular flexibility index (Phi) is 6.76. The summed E-state index contributed by atoms with van der Waals surface area (Å²) in [7, 11) is 0. The lowest BCUT2D eigenvalue weighted by Gasteiger charge is -2.41. The van der Waals surface area contributed by atoms with Crippen molar-refractivity contribution in [2.75, 3.05) is 23.3 Å². The summed E-state index contributed by atoms with van der Waals surface area (Å²) in [6.07, 6.45) is -0.0154. The number of carbonyl (C=O) groups excluding carboxylic acids is 3. The number of anilines is 2. The van der Waals surface area contributed by atoms with Crippen LogP contribution in [0.15, 0.2) is 30.3 Å².